The van der Waals surface area contributed by atoms with Gasteiger partial charge in [-0.3, -0.25) is 19.6 Å². The van der Waals surface area contributed by atoms with Crippen LogP contribution in [0.3, 0.4) is 0 Å². The van der Waals surface area contributed by atoms with Gasteiger partial charge in [-0.2, -0.15) is 0 Å². The van der Waals surface area contributed by atoms with Crippen molar-refractivity contribution in [2.75, 3.05) is 5.32 Å². The van der Waals surface area contributed by atoms with Crippen LogP contribution < -0.4 is 16.6 Å². The van der Waals surface area contributed by atoms with Crippen LogP contribution in [0.1, 0.15) is 33.2 Å². The van der Waals surface area contributed by atoms with Crippen LogP contribution in [-0.4, -0.2) is 15.8 Å². The molecule has 1 aliphatic heterocycles. The summed E-state index contributed by atoms with van der Waals surface area (Å²) in [6.07, 6.45) is 1.49. The van der Waals surface area contributed by atoms with Gasteiger partial charge in [0.25, 0.3) is 5.56 Å². The van der Waals surface area contributed by atoms with Crippen LogP contribution in [0.4, 0.5) is 5.82 Å². The summed E-state index contributed by atoms with van der Waals surface area (Å²) >= 11 is 0. The Morgan fingerprint density at radius 2 is 1.72 bits per heavy atom. The summed E-state index contributed by atoms with van der Waals surface area (Å²) in [5.74, 6) is -0.107. The number of nitrogens with one attached hydrogen (secondary N) is 3. The Morgan fingerprint density at radius 3 is 2.48 bits per heavy atom. The first-order valence-electron chi connectivity index (χ1n) is 7.70. The molecule has 1 unspecified atom stereocenters. The highest BCUT2D eigenvalue weighted by Crippen LogP contribution is 2.47. The lowest BCUT2D eigenvalue weighted by Gasteiger charge is -2.25. The van der Waals surface area contributed by atoms with Crippen molar-refractivity contribution >= 4 is 17.3 Å². The number of aromatic nitrogens is 2. The molecule has 2 aromatic heterocycles. The number of hydrogen-bond donors (Lipinski definition) is 3. The molecule has 3 N–H and O–H groups in total. The molecule has 0 radical (unpaired) electrons. The van der Waals surface area contributed by atoms with E-state index in [4.69, 9.17) is 4.42 Å². The largest absolute Gasteiger partial charge is 0.468 e. The molecule has 0 saturated heterocycles. The first-order valence-corrected chi connectivity index (χ1v) is 7.70. The van der Waals surface area contributed by atoms with Gasteiger partial charge in [0.05, 0.1) is 23.4 Å². The lowest BCUT2D eigenvalue weighted by molar-refractivity contribution is 0.103. The molecule has 3 aromatic rings. The third kappa shape index (κ3) is 1.77. The van der Waals surface area contributed by atoms with Crippen molar-refractivity contribution in [3.63, 3.8) is 0 Å². The van der Waals surface area contributed by atoms with Crippen LogP contribution >= 0.6 is 0 Å². The second-order valence-corrected chi connectivity index (χ2v) is 5.93. The minimum absolute atomic E-state index is 0.157. The molecule has 0 spiro atoms. The van der Waals surface area contributed by atoms with Crippen molar-refractivity contribution in [1.29, 1.82) is 0 Å². The quantitative estimate of drug-likeness (QED) is 0.629. The minimum Gasteiger partial charge on any atom is -0.468 e. The number of Topliss-reactive ketones (excluding diaryl/α,β-unsaturated/α-hetero) is 1. The average Bonchev–Trinajstić information content (AvgIpc) is 3.21. The number of aromatic amines is 2. The molecule has 0 saturated carbocycles. The monoisotopic (exact) mass is 333 g/mol. The number of ketones is 1. The number of benzene rings is 1. The van der Waals surface area contributed by atoms with Crippen LogP contribution in [0.15, 0.2) is 62.2 Å². The summed E-state index contributed by atoms with van der Waals surface area (Å²) in [6, 6.07) is 10.6. The van der Waals surface area contributed by atoms with Crippen LogP contribution in [-0.2, 0) is 0 Å². The van der Waals surface area contributed by atoms with Crippen molar-refractivity contribution in [3.05, 3.63) is 91.5 Å². The minimum atomic E-state index is -0.693. The van der Waals surface area contributed by atoms with Gasteiger partial charge in [0, 0.05) is 16.7 Å². The summed E-state index contributed by atoms with van der Waals surface area (Å²) in [4.78, 5) is 42.0. The maximum absolute atomic E-state index is 13.0. The van der Waals surface area contributed by atoms with Gasteiger partial charge in [-0.15, -0.1) is 0 Å². The molecule has 5 rings (SSSR count). The third-order valence-electron chi connectivity index (χ3n) is 4.59. The maximum Gasteiger partial charge on any atom is 0.327 e. The van der Waals surface area contributed by atoms with Crippen LogP contribution in [0.25, 0.3) is 5.70 Å². The molecule has 1 atom stereocenters. The number of carbonyl (C=O) groups excluding carboxylic acids is 1. The Kier molecular flexibility index (Phi) is 2.59. The first-order chi connectivity index (χ1) is 12.1. The smallest absolute Gasteiger partial charge is 0.327 e. The summed E-state index contributed by atoms with van der Waals surface area (Å²) < 4.78 is 5.51. The van der Waals surface area contributed by atoms with Gasteiger partial charge in [-0.1, -0.05) is 24.3 Å². The fourth-order valence-electron chi connectivity index (χ4n) is 3.59. The normalized spacial score (nSPS) is 17.8. The van der Waals surface area contributed by atoms with Gasteiger partial charge in [-0.05, 0) is 12.1 Å². The summed E-state index contributed by atoms with van der Waals surface area (Å²) in [6.45, 7) is 0. The third-order valence-corrected chi connectivity index (χ3v) is 4.59. The molecule has 2 aliphatic rings. The Labute approximate surface area is 140 Å². The highest BCUT2D eigenvalue weighted by Gasteiger charge is 2.42. The van der Waals surface area contributed by atoms with E-state index < -0.39 is 17.2 Å². The SMILES string of the molecule is O=C1C2=C(Nc3[nH]c(=O)[nH]c(=O)c3C2c2ccco2)c2ccccc21. The molecule has 0 amide bonds. The van der Waals surface area contributed by atoms with Crippen molar-refractivity contribution in [3.8, 4) is 0 Å². The van der Waals surface area contributed by atoms with Gasteiger partial charge in [-0.25, -0.2) is 4.79 Å². The summed E-state index contributed by atoms with van der Waals surface area (Å²) in [5.41, 5.74) is 1.43. The molecule has 0 fully saturated rings. The molecule has 122 valence electrons. The zero-order valence-electron chi connectivity index (χ0n) is 12.8. The van der Waals surface area contributed by atoms with E-state index in [1.165, 1.54) is 6.26 Å². The molecular weight excluding hydrogens is 322 g/mol. The number of anilines is 1. The second-order valence-electron chi connectivity index (χ2n) is 5.93. The van der Waals surface area contributed by atoms with Crippen molar-refractivity contribution in [1.82, 2.24) is 9.97 Å². The van der Waals surface area contributed by atoms with E-state index in [1.54, 1.807) is 24.3 Å². The van der Waals surface area contributed by atoms with Crippen LogP contribution in [0.2, 0.25) is 0 Å². The van der Waals surface area contributed by atoms with E-state index >= 15 is 0 Å². The number of hydrogen-bond acceptors (Lipinski definition) is 5. The molecule has 7 heteroatoms. The second kappa shape index (κ2) is 4.70. The van der Waals surface area contributed by atoms with Gasteiger partial charge >= 0.3 is 5.69 Å². The van der Waals surface area contributed by atoms with Gasteiger partial charge in [0.2, 0.25) is 0 Å². The van der Waals surface area contributed by atoms with E-state index in [0.717, 1.165) is 5.56 Å². The van der Waals surface area contributed by atoms with Crippen molar-refractivity contribution in [2.45, 2.75) is 5.92 Å². The number of rotatable bonds is 1. The van der Waals surface area contributed by atoms with Crippen LogP contribution in [0.5, 0.6) is 0 Å². The summed E-state index contributed by atoms with van der Waals surface area (Å²) in [5, 5.41) is 3.06. The maximum atomic E-state index is 13.0. The van der Waals surface area contributed by atoms with Crippen LogP contribution in [0, 0.1) is 0 Å². The van der Waals surface area contributed by atoms with E-state index in [0.29, 0.717) is 22.6 Å². The first kappa shape index (κ1) is 13.8. The molecule has 0 bridgehead atoms. The fourth-order valence-corrected chi connectivity index (χ4v) is 3.59. The van der Waals surface area contributed by atoms with Gasteiger partial charge < -0.3 is 9.73 Å². The zero-order valence-corrected chi connectivity index (χ0v) is 12.8. The Hall–Kier alpha value is -3.61. The van der Waals surface area contributed by atoms with Crippen molar-refractivity contribution in [2.24, 2.45) is 0 Å². The molecule has 1 aromatic carbocycles. The van der Waals surface area contributed by atoms with Gasteiger partial charge in [0.1, 0.15) is 11.6 Å². The zero-order chi connectivity index (χ0) is 17.1. The predicted molar refractivity (Wildman–Crippen MR) is 89.5 cm³/mol. The topological polar surface area (TPSA) is 108 Å². The highest BCUT2D eigenvalue weighted by atomic mass is 16.3. The van der Waals surface area contributed by atoms with E-state index in [2.05, 4.69) is 15.3 Å². The summed E-state index contributed by atoms with van der Waals surface area (Å²) in [7, 11) is 0. The van der Waals surface area contributed by atoms with Gasteiger partial charge in [0.15, 0.2) is 5.78 Å². The van der Waals surface area contributed by atoms with Crippen molar-refractivity contribution < 1.29 is 9.21 Å². The number of fused-ring (bicyclic) bond motifs is 3. The lowest BCUT2D eigenvalue weighted by atomic mass is 9.85. The number of allylic oxidation sites excluding steroid dienone is 1. The Balaban J connectivity index is 1.86. The van der Waals surface area contributed by atoms with E-state index in [9.17, 15) is 14.4 Å². The highest BCUT2D eigenvalue weighted by molar-refractivity contribution is 6.23. The molecule has 7 nitrogen and oxygen atoms in total. The molecule has 3 heterocycles. The molecule has 1 aliphatic carbocycles. The number of furan rings is 1. The fraction of sp³-hybridized carbons (Fsp3) is 0.0556. The lowest BCUT2D eigenvalue weighted by Crippen LogP contribution is -2.33. The predicted octanol–water partition coefficient (Wildman–Crippen LogP) is 1.82. The van der Waals surface area contributed by atoms with E-state index in [-0.39, 0.29) is 17.2 Å². The standard InChI is InChI=1S/C18H11N3O4/c22-15-9-5-2-1-4-8(9)14-12(15)11(10-6-3-7-25-10)13-16(19-14)20-18(24)21-17(13)23/h1-7,11H,(H3,19,20,21,23,24). The average molecular weight is 333 g/mol. The molecule has 25 heavy (non-hydrogen) atoms. The molecular formula is C18H11N3O4. The Morgan fingerprint density at radius 1 is 0.920 bits per heavy atom. The number of H-pyrrole nitrogens is 2. The van der Waals surface area contributed by atoms with E-state index in [1.807, 2.05) is 12.1 Å². The Bertz CT molecular complexity index is 1180. The number of carbonyl (C=O) groups is 1.